The molecule has 0 heterocycles. The Labute approximate surface area is 144 Å². The molecule has 0 radical (unpaired) electrons. The molecule has 1 aliphatic rings. The molecule has 0 bridgehead atoms. The summed E-state index contributed by atoms with van der Waals surface area (Å²) in [7, 11) is 0. The van der Waals surface area contributed by atoms with E-state index in [4.69, 9.17) is 0 Å². The summed E-state index contributed by atoms with van der Waals surface area (Å²) in [5, 5.41) is 0. The highest BCUT2D eigenvalue weighted by Crippen LogP contribution is 2.39. The molecule has 1 aromatic rings. The maximum atomic E-state index is 12.3. The van der Waals surface area contributed by atoms with Crippen molar-refractivity contribution < 1.29 is 13.2 Å². The van der Waals surface area contributed by atoms with Crippen LogP contribution in [0.15, 0.2) is 24.3 Å². The fraction of sp³-hybridized carbons (Fsp3) is 0.714. The molecule has 1 aliphatic carbocycles. The summed E-state index contributed by atoms with van der Waals surface area (Å²) in [4.78, 5) is 0. The number of aryl methyl sites for hydroxylation is 1. The molecule has 0 amide bonds. The van der Waals surface area contributed by atoms with E-state index in [0.717, 1.165) is 32.1 Å². The minimum absolute atomic E-state index is 0.265. The molecule has 1 aromatic carbocycles. The number of alkyl halides is 3. The smallest absolute Gasteiger partial charge is 0.171 e. The van der Waals surface area contributed by atoms with Crippen LogP contribution >= 0.6 is 0 Å². The zero-order chi connectivity index (χ0) is 17.4. The number of rotatable bonds is 8. The van der Waals surface area contributed by atoms with E-state index in [9.17, 15) is 13.2 Å². The van der Waals surface area contributed by atoms with Crippen LogP contribution in [0.3, 0.4) is 0 Å². The van der Waals surface area contributed by atoms with Gasteiger partial charge in [0.05, 0.1) is 0 Å². The molecule has 1 saturated carbocycles. The first-order valence-electron chi connectivity index (χ1n) is 9.63. The van der Waals surface area contributed by atoms with E-state index in [0.29, 0.717) is 12.3 Å². The van der Waals surface area contributed by atoms with Crippen molar-refractivity contribution in [3.05, 3.63) is 35.4 Å². The predicted molar refractivity (Wildman–Crippen MR) is 94.3 cm³/mol. The molecule has 24 heavy (non-hydrogen) atoms. The molecular weight excluding hydrogens is 309 g/mol. The third kappa shape index (κ3) is 6.86. The Balaban J connectivity index is 1.73. The molecule has 0 N–H and O–H groups in total. The van der Waals surface area contributed by atoms with Crippen LogP contribution in [0, 0.1) is 5.92 Å². The molecule has 3 heteroatoms. The van der Waals surface area contributed by atoms with Crippen LogP contribution in [0.4, 0.5) is 13.2 Å². The van der Waals surface area contributed by atoms with Gasteiger partial charge in [0.2, 0.25) is 0 Å². The Bertz CT molecular complexity index is 453. The van der Waals surface area contributed by atoms with Gasteiger partial charge in [0.25, 0.3) is 0 Å². The third-order valence-corrected chi connectivity index (χ3v) is 5.45. The fourth-order valence-electron chi connectivity index (χ4n) is 3.86. The second-order valence-electron chi connectivity index (χ2n) is 7.42. The van der Waals surface area contributed by atoms with Crippen LogP contribution in [-0.4, -0.2) is 6.18 Å². The lowest BCUT2D eigenvalue weighted by Crippen LogP contribution is -2.16. The predicted octanol–water partition coefficient (Wildman–Crippen LogP) is 7.43. The molecule has 2 rings (SSSR count). The maximum absolute atomic E-state index is 12.3. The fourth-order valence-corrected chi connectivity index (χ4v) is 3.86. The van der Waals surface area contributed by atoms with Gasteiger partial charge in [-0.2, -0.15) is 13.2 Å². The van der Waals surface area contributed by atoms with E-state index < -0.39 is 12.6 Å². The molecule has 0 nitrogen and oxygen atoms in total. The van der Waals surface area contributed by atoms with Crippen LogP contribution in [0.1, 0.15) is 88.2 Å². The molecule has 1 fully saturated rings. The number of halogens is 3. The van der Waals surface area contributed by atoms with Crippen molar-refractivity contribution in [3.8, 4) is 0 Å². The van der Waals surface area contributed by atoms with Crippen LogP contribution < -0.4 is 0 Å². The monoisotopic (exact) mass is 340 g/mol. The van der Waals surface area contributed by atoms with Gasteiger partial charge in [0.15, 0.2) is 0 Å². The summed E-state index contributed by atoms with van der Waals surface area (Å²) in [5.41, 5.74) is 2.79. The van der Waals surface area contributed by atoms with E-state index in [1.807, 2.05) is 0 Å². The van der Waals surface area contributed by atoms with Crippen LogP contribution in [-0.2, 0) is 6.42 Å². The standard InChI is InChI=1S/C21H31F3/c1-2-3-4-5-6-17-7-11-19(12-8-17)20-13-9-18(10-14-20)15-16-21(22,23)24/h7-8,11-12,18,20H,2-6,9-10,13-16H2,1H3/t18-,20-. The van der Waals surface area contributed by atoms with Crippen LogP contribution in [0.5, 0.6) is 0 Å². The van der Waals surface area contributed by atoms with Crippen LogP contribution in [0.25, 0.3) is 0 Å². The SMILES string of the molecule is CCCCCCc1ccc([C@H]2CC[C@H](CCC(F)(F)F)CC2)cc1. The summed E-state index contributed by atoms with van der Waals surface area (Å²) < 4.78 is 37.0. The van der Waals surface area contributed by atoms with Gasteiger partial charge in [-0.05, 0) is 67.9 Å². The van der Waals surface area contributed by atoms with E-state index in [1.54, 1.807) is 0 Å². The van der Waals surface area contributed by atoms with E-state index in [1.165, 1.54) is 36.8 Å². The lowest BCUT2D eigenvalue weighted by molar-refractivity contribution is -0.138. The van der Waals surface area contributed by atoms with Crippen molar-refractivity contribution in [2.45, 2.75) is 89.6 Å². The van der Waals surface area contributed by atoms with Crippen molar-refractivity contribution in [2.24, 2.45) is 5.92 Å². The third-order valence-electron chi connectivity index (χ3n) is 5.45. The van der Waals surface area contributed by atoms with Crippen LogP contribution in [0.2, 0.25) is 0 Å². The molecule has 136 valence electrons. The minimum atomic E-state index is -4.00. The lowest BCUT2D eigenvalue weighted by Gasteiger charge is -2.29. The molecule has 0 aliphatic heterocycles. The summed E-state index contributed by atoms with van der Waals surface area (Å²) in [6, 6.07) is 8.99. The minimum Gasteiger partial charge on any atom is -0.171 e. The van der Waals surface area contributed by atoms with E-state index >= 15 is 0 Å². The van der Waals surface area contributed by atoms with Gasteiger partial charge in [0, 0.05) is 6.42 Å². The Hall–Kier alpha value is -0.990. The first-order chi connectivity index (χ1) is 11.5. The van der Waals surface area contributed by atoms with Gasteiger partial charge in [-0.3, -0.25) is 0 Å². The molecule has 0 aromatic heterocycles. The van der Waals surface area contributed by atoms with Gasteiger partial charge in [0.1, 0.15) is 0 Å². The van der Waals surface area contributed by atoms with Crippen molar-refractivity contribution in [1.82, 2.24) is 0 Å². The zero-order valence-corrected chi connectivity index (χ0v) is 14.9. The highest BCUT2D eigenvalue weighted by molar-refractivity contribution is 5.25. The normalized spacial score (nSPS) is 21.8. The molecule has 0 unspecified atom stereocenters. The second-order valence-corrected chi connectivity index (χ2v) is 7.42. The first kappa shape index (κ1) is 19.3. The number of benzene rings is 1. The van der Waals surface area contributed by atoms with E-state index in [-0.39, 0.29) is 5.92 Å². The topological polar surface area (TPSA) is 0 Å². The number of unbranched alkanes of at least 4 members (excludes halogenated alkanes) is 3. The summed E-state index contributed by atoms with van der Waals surface area (Å²) in [5.74, 6) is 0.807. The second kappa shape index (κ2) is 9.48. The molecule has 0 saturated heterocycles. The van der Waals surface area contributed by atoms with E-state index in [2.05, 4.69) is 31.2 Å². The maximum Gasteiger partial charge on any atom is 0.389 e. The Morgan fingerprint density at radius 3 is 2.17 bits per heavy atom. The number of hydrogen-bond acceptors (Lipinski definition) is 0. The van der Waals surface area contributed by atoms with Gasteiger partial charge < -0.3 is 0 Å². The van der Waals surface area contributed by atoms with Crippen molar-refractivity contribution >= 4 is 0 Å². The van der Waals surface area contributed by atoms with Crippen molar-refractivity contribution in [2.75, 3.05) is 0 Å². The van der Waals surface area contributed by atoms with Crippen molar-refractivity contribution in [1.29, 1.82) is 0 Å². The van der Waals surface area contributed by atoms with Gasteiger partial charge in [-0.25, -0.2) is 0 Å². The largest absolute Gasteiger partial charge is 0.389 e. The molecule has 0 spiro atoms. The average Bonchev–Trinajstić information content (AvgIpc) is 2.57. The zero-order valence-electron chi connectivity index (χ0n) is 14.9. The summed E-state index contributed by atoms with van der Waals surface area (Å²) in [6.45, 7) is 2.23. The van der Waals surface area contributed by atoms with Gasteiger partial charge >= 0.3 is 6.18 Å². The van der Waals surface area contributed by atoms with Gasteiger partial charge in [-0.1, -0.05) is 50.5 Å². The highest BCUT2D eigenvalue weighted by atomic mass is 19.4. The first-order valence-corrected chi connectivity index (χ1v) is 9.63. The van der Waals surface area contributed by atoms with Crippen molar-refractivity contribution in [3.63, 3.8) is 0 Å². The molecular formula is C21H31F3. The Morgan fingerprint density at radius 1 is 0.917 bits per heavy atom. The number of hydrogen-bond donors (Lipinski definition) is 0. The molecule has 0 atom stereocenters. The Kier molecular flexibility index (Phi) is 7.64. The summed E-state index contributed by atoms with van der Waals surface area (Å²) >= 11 is 0. The van der Waals surface area contributed by atoms with Gasteiger partial charge in [-0.15, -0.1) is 0 Å². The highest BCUT2D eigenvalue weighted by Gasteiger charge is 2.30. The lowest BCUT2D eigenvalue weighted by atomic mass is 9.77. The summed E-state index contributed by atoms with van der Waals surface area (Å²) in [6.07, 6.45) is 5.98. The average molecular weight is 340 g/mol. The Morgan fingerprint density at radius 2 is 1.58 bits per heavy atom. The quantitative estimate of drug-likeness (QED) is 0.432.